The highest BCUT2D eigenvalue weighted by Gasteiger charge is 2.05. The lowest BCUT2D eigenvalue weighted by Crippen LogP contribution is -2.29. The summed E-state index contributed by atoms with van der Waals surface area (Å²) in [6, 6.07) is 0. The van der Waals surface area contributed by atoms with E-state index in [9.17, 15) is 0 Å². The van der Waals surface area contributed by atoms with Gasteiger partial charge < -0.3 is 4.90 Å². The summed E-state index contributed by atoms with van der Waals surface area (Å²) in [7, 11) is 0. The molecule has 9 heavy (non-hydrogen) atoms. The fraction of sp³-hybridized carbons (Fsp3) is 1.00. The molecule has 0 saturated carbocycles. The van der Waals surface area contributed by atoms with E-state index in [-0.39, 0.29) is 8.41 Å². The number of rotatable bonds is 1. The molecule has 0 radical (unpaired) electrons. The van der Waals surface area contributed by atoms with Gasteiger partial charge in [-0.2, -0.15) is 0 Å². The molecule has 0 amide bonds. The second-order valence-electron chi connectivity index (χ2n) is 2.49. The van der Waals surface area contributed by atoms with Crippen LogP contribution in [-0.4, -0.2) is 32.9 Å². The average Bonchev–Trinajstić information content (AvgIpc) is 1.90. The lowest BCUT2D eigenvalue weighted by atomic mass is 10.1. The van der Waals surface area contributed by atoms with Gasteiger partial charge in [0.2, 0.25) is 0 Å². The molecule has 0 unspecified atom stereocenters. The van der Waals surface area contributed by atoms with Gasteiger partial charge in [0.15, 0.2) is 0 Å². The Hall–Kier alpha value is 0.0249. The number of hydrogen-bond acceptors (Lipinski definition) is 1. The van der Waals surface area contributed by atoms with Gasteiger partial charge in [-0.25, -0.2) is 0 Å². The topological polar surface area (TPSA) is 3.24 Å². The highest BCUT2D eigenvalue weighted by molar-refractivity contribution is 5.75. The zero-order chi connectivity index (χ0) is 5.82. The number of nitrogens with zero attached hydrogens (tertiary/aromatic N) is 1. The standard InChI is InChI=1S/C7H15N.BH3/c1-2-8-6-4-3-5-7-8;/h2-7H2,1H3;1H3. The third-order valence-corrected chi connectivity index (χ3v) is 1.90. The molecule has 0 aromatic heterocycles. The molecule has 54 valence electrons. The Bertz CT molecular complexity index is 59.9. The van der Waals surface area contributed by atoms with Crippen molar-refractivity contribution in [1.29, 1.82) is 0 Å². The highest BCUT2D eigenvalue weighted by atomic mass is 15.1. The smallest absolute Gasteiger partial charge is 0.0814 e. The Balaban J connectivity index is 0.000000640. The van der Waals surface area contributed by atoms with Crippen LogP contribution in [0.2, 0.25) is 0 Å². The molecule has 1 rings (SSSR count). The maximum atomic E-state index is 2.52. The summed E-state index contributed by atoms with van der Waals surface area (Å²) >= 11 is 0. The van der Waals surface area contributed by atoms with E-state index in [2.05, 4.69) is 11.8 Å². The van der Waals surface area contributed by atoms with E-state index in [0.29, 0.717) is 0 Å². The molecular weight excluding hydrogens is 109 g/mol. The zero-order valence-electron chi connectivity index (χ0n) is 5.69. The van der Waals surface area contributed by atoms with Crippen molar-refractivity contribution in [1.82, 2.24) is 4.90 Å². The Kier molecular flexibility index (Phi) is 4.88. The molecule has 0 aliphatic carbocycles. The van der Waals surface area contributed by atoms with Gasteiger partial charge in [0.1, 0.15) is 0 Å². The molecule has 0 atom stereocenters. The first-order chi connectivity index (χ1) is 3.93. The maximum absolute atomic E-state index is 2.52. The van der Waals surface area contributed by atoms with E-state index in [1.165, 1.54) is 38.9 Å². The van der Waals surface area contributed by atoms with Gasteiger partial charge >= 0.3 is 0 Å². The van der Waals surface area contributed by atoms with E-state index >= 15 is 0 Å². The van der Waals surface area contributed by atoms with Gasteiger partial charge in [-0.05, 0) is 32.5 Å². The van der Waals surface area contributed by atoms with Gasteiger partial charge in [-0.3, -0.25) is 0 Å². The second-order valence-corrected chi connectivity index (χ2v) is 2.49. The molecule has 1 heterocycles. The SMILES string of the molecule is B.CCN1CCCCC1. The van der Waals surface area contributed by atoms with Crippen LogP contribution in [0.4, 0.5) is 0 Å². The first-order valence-corrected chi connectivity index (χ1v) is 3.66. The van der Waals surface area contributed by atoms with Gasteiger partial charge in [0.25, 0.3) is 0 Å². The van der Waals surface area contributed by atoms with Crippen LogP contribution in [0.3, 0.4) is 0 Å². The fourth-order valence-corrected chi connectivity index (χ4v) is 1.28. The maximum Gasteiger partial charge on any atom is 0.0814 e. The van der Waals surface area contributed by atoms with Crippen LogP contribution >= 0.6 is 0 Å². The van der Waals surface area contributed by atoms with E-state index in [1.54, 1.807) is 0 Å². The zero-order valence-corrected chi connectivity index (χ0v) is 5.69. The molecule has 0 aromatic rings. The third kappa shape index (κ3) is 2.90. The monoisotopic (exact) mass is 127 g/mol. The molecule has 1 saturated heterocycles. The summed E-state index contributed by atoms with van der Waals surface area (Å²) < 4.78 is 0. The first kappa shape index (κ1) is 9.02. The minimum atomic E-state index is 0. The van der Waals surface area contributed by atoms with Crippen molar-refractivity contribution in [2.45, 2.75) is 26.2 Å². The molecule has 1 fully saturated rings. The molecule has 0 aromatic carbocycles. The number of piperidine rings is 1. The van der Waals surface area contributed by atoms with E-state index < -0.39 is 0 Å². The van der Waals surface area contributed by atoms with Crippen molar-refractivity contribution in [3.8, 4) is 0 Å². The number of likely N-dealkylation sites (tertiary alicyclic amines) is 1. The Morgan fingerprint density at radius 3 is 2.00 bits per heavy atom. The van der Waals surface area contributed by atoms with Crippen LogP contribution in [0.25, 0.3) is 0 Å². The summed E-state index contributed by atoms with van der Waals surface area (Å²) in [6.45, 7) is 6.18. The third-order valence-electron chi connectivity index (χ3n) is 1.90. The van der Waals surface area contributed by atoms with E-state index in [4.69, 9.17) is 0 Å². The van der Waals surface area contributed by atoms with Crippen molar-refractivity contribution in [2.24, 2.45) is 0 Å². The molecule has 1 aliphatic heterocycles. The molecule has 2 heteroatoms. The first-order valence-electron chi connectivity index (χ1n) is 3.66. The lowest BCUT2D eigenvalue weighted by molar-refractivity contribution is 0.240. The van der Waals surface area contributed by atoms with Crippen LogP contribution in [0, 0.1) is 0 Å². The summed E-state index contributed by atoms with van der Waals surface area (Å²) in [5, 5.41) is 0. The molecule has 0 bridgehead atoms. The van der Waals surface area contributed by atoms with Crippen molar-refractivity contribution >= 4 is 8.41 Å². The van der Waals surface area contributed by atoms with Crippen LogP contribution in [0.15, 0.2) is 0 Å². The molecular formula is C7H18BN. The lowest BCUT2D eigenvalue weighted by Gasteiger charge is -2.24. The average molecular weight is 127 g/mol. The van der Waals surface area contributed by atoms with Crippen molar-refractivity contribution in [3.05, 3.63) is 0 Å². The Labute approximate surface area is 60.0 Å². The van der Waals surface area contributed by atoms with Gasteiger partial charge in [0.05, 0.1) is 8.41 Å². The minimum absolute atomic E-state index is 0. The van der Waals surface area contributed by atoms with E-state index in [0.717, 1.165) is 0 Å². The molecule has 0 spiro atoms. The van der Waals surface area contributed by atoms with Gasteiger partial charge in [-0.1, -0.05) is 13.3 Å². The normalized spacial score (nSPS) is 21.0. The highest BCUT2D eigenvalue weighted by Crippen LogP contribution is 2.06. The molecule has 0 N–H and O–H groups in total. The second kappa shape index (κ2) is 4.86. The fourth-order valence-electron chi connectivity index (χ4n) is 1.28. The van der Waals surface area contributed by atoms with E-state index in [1.807, 2.05) is 0 Å². The molecule has 1 nitrogen and oxygen atoms in total. The van der Waals surface area contributed by atoms with Gasteiger partial charge in [0, 0.05) is 0 Å². The van der Waals surface area contributed by atoms with Crippen LogP contribution in [0.5, 0.6) is 0 Å². The Morgan fingerprint density at radius 1 is 1.11 bits per heavy atom. The summed E-state index contributed by atoms with van der Waals surface area (Å²) in [5.41, 5.74) is 0. The summed E-state index contributed by atoms with van der Waals surface area (Å²) in [6.07, 6.45) is 4.30. The summed E-state index contributed by atoms with van der Waals surface area (Å²) in [4.78, 5) is 2.52. The minimum Gasteiger partial charge on any atom is -0.304 e. The van der Waals surface area contributed by atoms with Crippen LogP contribution in [0.1, 0.15) is 26.2 Å². The van der Waals surface area contributed by atoms with Crippen molar-refractivity contribution in [2.75, 3.05) is 19.6 Å². The molecule has 1 aliphatic rings. The summed E-state index contributed by atoms with van der Waals surface area (Å²) in [5.74, 6) is 0. The number of hydrogen-bond donors (Lipinski definition) is 0. The van der Waals surface area contributed by atoms with Crippen LogP contribution in [-0.2, 0) is 0 Å². The van der Waals surface area contributed by atoms with Crippen molar-refractivity contribution in [3.63, 3.8) is 0 Å². The largest absolute Gasteiger partial charge is 0.304 e. The predicted molar refractivity (Wildman–Crippen MR) is 45.9 cm³/mol. The Morgan fingerprint density at radius 2 is 1.67 bits per heavy atom. The quantitative estimate of drug-likeness (QED) is 0.458. The predicted octanol–water partition coefficient (Wildman–Crippen LogP) is 0.308. The van der Waals surface area contributed by atoms with Crippen LogP contribution < -0.4 is 0 Å². The van der Waals surface area contributed by atoms with Gasteiger partial charge in [-0.15, -0.1) is 0 Å². The van der Waals surface area contributed by atoms with Crippen molar-refractivity contribution < 1.29 is 0 Å².